The molecule has 1 fully saturated rings. The van der Waals surface area contributed by atoms with E-state index < -0.39 is 0 Å². The third-order valence-corrected chi connectivity index (χ3v) is 4.94. The summed E-state index contributed by atoms with van der Waals surface area (Å²) >= 11 is 6.21. The third-order valence-electron chi connectivity index (χ3n) is 4.57. The van der Waals surface area contributed by atoms with Crippen LogP contribution in [0.2, 0.25) is 5.02 Å². The van der Waals surface area contributed by atoms with Gasteiger partial charge in [0.05, 0.1) is 6.10 Å². The Bertz CT molecular complexity index is 423. The van der Waals surface area contributed by atoms with Gasteiger partial charge in [0.1, 0.15) is 0 Å². The summed E-state index contributed by atoms with van der Waals surface area (Å²) in [5, 5.41) is 11.0. The predicted octanol–water partition coefficient (Wildman–Crippen LogP) is 3.96. The molecule has 112 valence electrons. The molecule has 2 nitrogen and oxygen atoms in total. The fraction of sp³-hybridized carbons (Fsp3) is 0.647. The summed E-state index contributed by atoms with van der Waals surface area (Å²) in [6.07, 6.45) is 4.40. The summed E-state index contributed by atoms with van der Waals surface area (Å²) < 4.78 is 0. The summed E-state index contributed by atoms with van der Waals surface area (Å²) in [5.74, 6) is 1.19. The lowest BCUT2D eigenvalue weighted by atomic mass is 9.78. The lowest BCUT2D eigenvalue weighted by Gasteiger charge is -2.35. The van der Waals surface area contributed by atoms with Crippen molar-refractivity contribution in [3.05, 3.63) is 34.9 Å². The highest BCUT2D eigenvalue weighted by atomic mass is 35.5. The highest BCUT2D eigenvalue weighted by Crippen LogP contribution is 2.32. The highest BCUT2D eigenvalue weighted by Gasteiger charge is 2.29. The summed E-state index contributed by atoms with van der Waals surface area (Å²) in [6, 6.07) is 8.00. The van der Waals surface area contributed by atoms with Crippen LogP contribution in [-0.4, -0.2) is 29.7 Å². The Morgan fingerprint density at radius 1 is 1.30 bits per heavy atom. The summed E-state index contributed by atoms with van der Waals surface area (Å²) in [6.45, 7) is 4.05. The summed E-state index contributed by atoms with van der Waals surface area (Å²) in [4.78, 5) is 2.28. The van der Waals surface area contributed by atoms with Gasteiger partial charge in [0.15, 0.2) is 0 Å². The Morgan fingerprint density at radius 2 is 2.05 bits per heavy atom. The van der Waals surface area contributed by atoms with Crippen LogP contribution in [-0.2, 0) is 6.54 Å². The minimum absolute atomic E-state index is 0.133. The van der Waals surface area contributed by atoms with E-state index >= 15 is 0 Å². The molecule has 0 aromatic heterocycles. The molecule has 1 saturated carbocycles. The van der Waals surface area contributed by atoms with Crippen molar-refractivity contribution in [2.24, 2.45) is 11.8 Å². The summed E-state index contributed by atoms with van der Waals surface area (Å²) in [7, 11) is 2.12. The fourth-order valence-electron chi connectivity index (χ4n) is 3.29. The Balaban J connectivity index is 1.90. The van der Waals surface area contributed by atoms with Gasteiger partial charge in [-0.05, 0) is 49.8 Å². The van der Waals surface area contributed by atoms with Crippen LogP contribution in [0, 0.1) is 11.8 Å². The van der Waals surface area contributed by atoms with Crippen LogP contribution in [0.4, 0.5) is 0 Å². The van der Waals surface area contributed by atoms with Gasteiger partial charge in [-0.3, -0.25) is 0 Å². The first-order valence-corrected chi connectivity index (χ1v) is 8.08. The molecule has 2 rings (SSSR count). The van der Waals surface area contributed by atoms with E-state index in [1.807, 2.05) is 18.2 Å². The molecule has 1 aliphatic rings. The largest absolute Gasteiger partial charge is 0.393 e. The van der Waals surface area contributed by atoms with Gasteiger partial charge < -0.3 is 10.0 Å². The van der Waals surface area contributed by atoms with Gasteiger partial charge in [-0.25, -0.2) is 0 Å². The fourth-order valence-corrected chi connectivity index (χ4v) is 3.49. The molecular weight excluding hydrogens is 270 g/mol. The maximum absolute atomic E-state index is 10.2. The molecule has 0 spiro atoms. The van der Waals surface area contributed by atoms with Crippen molar-refractivity contribution in [3.8, 4) is 0 Å². The average Bonchev–Trinajstić information content (AvgIpc) is 2.44. The predicted molar refractivity (Wildman–Crippen MR) is 84.9 cm³/mol. The molecule has 1 N–H and O–H groups in total. The van der Waals surface area contributed by atoms with E-state index in [0.717, 1.165) is 42.4 Å². The van der Waals surface area contributed by atoms with Crippen LogP contribution in [0.15, 0.2) is 24.3 Å². The van der Waals surface area contributed by atoms with Gasteiger partial charge in [-0.2, -0.15) is 0 Å². The third kappa shape index (κ3) is 4.21. The zero-order valence-electron chi connectivity index (χ0n) is 12.6. The van der Waals surface area contributed by atoms with Gasteiger partial charge in [0.25, 0.3) is 0 Å². The second kappa shape index (κ2) is 7.44. The number of benzene rings is 1. The smallest absolute Gasteiger partial charge is 0.0580 e. The van der Waals surface area contributed by atoms with Crippen molar-refractivity contribution in [3.63, 3.8) is 0 Å². The Labute approximate surface area is 127 Å². The molecule has 3 heteroatoms. The van der Waals surface area contributed by atoms with Crippen LogP contribution >= 0.6 is 11.6 Å². The lowest BCUT2D eigenvalue weighted by Crippen LogP contribution is -2.37. The minimum Gasteiger partial charge on any atom is -0.393 e. The quantitative estimate of drug-likeness (QED) is 0.889. The molecule has 0 amide bonds. The van der Waals surface area contributed by atoms with Crippen LogP contribution in [0.1, 0.15) is 38.2 Å². The van der Waals surface area contributed by atoms with Gasteiger partial charge in [0, 0.05) is 18.1 Å². The standard InChI is InChI=1S/C17H26ClNO/c1-3-13-8-9-17(20)15(10-13)12-19(2)11-14-6-4-5-7-16(14)18/h4-7,13,15,17,20H,3,8-12H2,1-2H3. The number of aliphatic hydroxyl groups is 1. The average molecular weight is 296 g/mol. The normalized spacial score (nSPS) is 26.9. The summed E-state index contributed by atoms with van der Waals surface area (Å²) in [5.41, 5.74) is 1.16. The molecule has 20 heavy (non-hydrogen) atoms. The van der Waals surface area contributed by atoms with Crippen LogP contribution in [0.25, 0.3) is 0 Å². The first kappa shape index (κ1) is 15.8. The van der Waals surface area contributed by atoms with Gasteiger partial charge in [-0.15, -0.1) is 0 Å². The molecule has 0 bridgehead atoms. The van der Waals surface area contributed by atoms with E-state index in [-0.39, 0.29) is 6.10 Å². The topological polar surface area (TPSA) is 23.5 Å². The Morgan fingerprint density at radius 3 is 2.75 bits per heavy atom. The molecule has 3 unspecified atom stereocenters. The van der Waals surface area contributed by atoms with Crippen molar-refractivity contribution in [1.82, 2.24) is 4.90 Å². The van der Waals surface area contributed by atoms with Crippen LogP contribution in [0.5, 0.6) is 0 Å². The number of aliphatic hydroxyl groups excluding tert-OH is 1. The zero-order valence-corrected chi connectivity index (χ0v) is 13.3. The van der Waals surface area contributed by atoms with Crippen molar-refractivity contribution >= 4 is 11.6 Å². The molecule has 0 radical (unpaired) electrons. The van der Waals surface area contributed by atoms with Crippen LogP contribution in [0.3, 0.4) is 0 Å². The van der Waals surface area contributed by atoms with Gasteiger partial charge in [0.2, 0.25) is 0 Å². The van der Waals surface area contributed by atoms with E-state index in [1.165, 1.54) is 12.8 Å². The molecule has 1 aromatic carbocycles. The highest BCUT2D eigenvalue weighted by molar-refractivity contribution is 6.31. The maximum Gasteiger partial charge on any atom is 0.0580 e. The minimum atomic E-state index is -0.133. The maximum atomic E-state index is 10.2. The molecule has 0 saturated heterocycles. The number of halogens is 1. The number of hydrogen-bond donors (Lipinski definition) is 1. The van der Waals surface area contributed by atoms with E-state index in [4.69, 9.17) is 11.6 Å². The lowest BCUT2D eigenvalue weighted by molar-refractivity contribution is 0.0298. The Hall–Kier alpha value is -0.570. The first-order valence-electron chi connectivity index (χ1n) is 7.70. The van der Waals surface area contributed by atoms with E-state index in [0.29, 0.717) is 5.92 Å². The molecule has 0 heterocycles. The molecule has 1 aromatic rings. The first-order chi connectivity index (χ1) is 9.60. The van der Waals surface area contributed by atoms with E-state index in [9.17, 15) is 5.11 Å². The second-order valence-corrected chi connectivity index (χ2v) is 6.61. The van der Waals surface area contributed by atoms with Crippen molar-refractivity contribution < 1.29 is 5.11 Å². The van der Waals surface area contributed by atoms with Crippen molar-refractivity contribution in [1.29, 1.82) is 0 Å². The molecule has 1 aliphatic carbocycles. The Kier molecular flexibility index (Phi) is 5.88. The van der Waals surface area contributed by atoms with Gasteiger partial charge in [-0.1, -0.05) is 43.1 Å². The monoisotopic (exact) mass is 295 g/mol. The van der Waals surface area contributed by atoms with Crippen LogP contribution < -0.4 is 0 Å². The molecule has 0 aliphatic heterocycles. The molecular formula is C17H26ClNO. The second-order valence-electron chi connectivity index (χ2n) is 6.20. The van der Waals surface area contributed by atoms with E-state index in [2.05, 4.69) is 24.9 Å². The van der Waals surface area contributed by atoms with Crippen molar-refractivity contribution in [2.45, 2.75) is 45.3 Å². The van der Waals surface area contributed by atoms with Gasteiger partial charge >= 0.3 is 0 Å². The zero-order chi connectivity index (χ0) is 14.5. The van der Waals surface area contributed by atoms with E-state index in [1.54, 1.807) is 0 Å². The number of nitrogens with zero attached hydrogens (tertiary/aromatic N) is 1. The van der Waals surface area contributed by atoms with Crippen molar-refractivity contribution in [2.75, 3.05) is 13.6 Å². The number of hydrogen-bond acceptors (Lipinski definition) is 2. The SMILES string of the molecule is CCC1CCC(O)C(CN(C)Cc2ccccc2Cl)C1. The molecule has 3 atom stereocenters. The number of rotatable bonds is 5.